The first kappa shape index (κ1) is 9.93. The summed E-state index contributed by atoms with van der Waals surface area (Å²) in [5.74, 6) is 0. The molecule has 1 aromatic heterocycles. The SMILES string of the molecule is CCn1c(CN)cc(=O)c2ccccc21. The molecule has 0 fully saturated rings. The van der Waals surface area contributed by atoms with Crippen molar-refractivity contribution < 1.29 is 0 Å². The van der Waals surface area contributed by atoms with Crippen molar-refractivity contribution in [1.82, 2.24) is 4.57 Å². The molecule has 0 aliphatic rings. The van der Waals surface area contributed by atoms with Crippen LogP contribution in [0.25, 0.3) is 10.9 Å². The molecule has 0 radical (unpaired) electrons. The highest BCUT2D eigenvalue weighted by Gasteiger charge is 2.05. The highest BCUT2D eigenvalue weighted by molar-refractivity contribution is 5.79. The number of pyridine rings is 1. The number of benzene rings is 1. The summed E-state index contributed by atoms with van der Waals surface area (Å²) in [6, 6.07) is 9.26. The molecule has 0 amide bonds. The quantitative estimate of drug-likeness (QED) is 0.801. The summed E-state index contributed by atoms with van der Waals surface area (Å²) in [6.07, 6.45) is 0. The lowest BCUT2D eigenvalue weighted by atomic mass is 10.1. The highest BCUT2D eigenvalue weighted by Crippen LogP contribution is 2.12. The van der Waals surface area contributed by atoms with E-state index in [2.05, 4.69) is 11.5 Å². The second-order valence-corrected chi connectivity index (χ2v) is 3.47. The summed E-state index contributed by atoms with van der Waals surface area (Å²) in [5.41, 5.74) is 7.53. The number of hydrogen-bond donors (Lipinski definition) is 1. The van der Waals surface area contributed by atoms with Crippen molar-refractivity contribution in [3.8, 4) is 0 Å². The van der Waals surface area contributed by atoms with Gasteiger partial charge < -0.3 is 10.3 Å². The fourth-order valence-electron chi connectivity index (χ4n) is 1.92. The maximum absolute atomic E-state index is 11.8. The van der Waals surface area contributed by atoms with Gasteiger partial charge in [0.05, 0.1) is 5.52 Å². The minimum Gasteiger partial charge on any atom is -0.343 e. The van der Waals surface area contributed by atoms with Crippen LogP contribution in [0.5, 0.6) is 0 Å². The van der Waals surface area contributed by atoms with Crippen molar-refractivity contribution in [2.75, 3.05) is 0 Å². The number of nitrogens with two attached hydrogens (primary N) is 1. The summed E-state index contributed by atoms with van der Waals surface area (Å²) in [6.45, 7) is 3.28. The molecule has 3 nitrogen and oxygen atoms in total. The first-order valence-electron chi connectivity index (χ1n) is 5.09. The molecule has 0 atom stereocenters. The van der Waals surface area contributed by atoms with Crippen molar-refractivity contribution >= 4 is 10.9 Å². The molecule has 78 valence electrons. The molecule has 1 aromatic carbocycles. The van der Waals surface area contributed by atoms with Crippen LogP contribution >= 0.6 is 0 Å². The second-order valence-electron chi connectivity index (χ2n) is 3.47. The summed E-state index contributed by atoms with van der Waals surface area (Å²) in [5, 5.41) is 0.761. The minimum absolute atomic E-state index is 0.0516. The van der Waals surface area contributed by atoms with E-state index in [1.54, 1.807) is 6.07 Å². The predicted molar refractivity (Wildman–Crippen MR) is 61.8 cm³/mol. The van der Waals surface area contributed by atoms with Crippen LogP contribution in [0.1, 0.15) is 12.6 Å². The number of aromatic nitrogens is 1. The monoisotopic (exact) mass is 202 g/mol. The standard InChI is InChI=1S/C12H14N2O/c1-2-14-9(8-13)7-12(15)10-5-3-4-6-11(10)14/h3-7H,2,8,13H2,1H3. The van der Waals surface area contributed by atoms with Crippen LogP contribution < -0.4 is 11.2 Å². The number of fused-ring (bicyclic) bond motifs is 1. The number of hydrogen-bond acceptors (Lipinski definition) is 2. The Morgan fingerprint density at radius 3 is 2.73 bits per heavy atom. The Hall–Kier alpha value is -1.61. The molecule has 0 aliphatic carbocycles. The van der Waals surface area contributed by atoms with Crippen molar-refractivity contribution in [2.24, 2.45) is 5.73 Å². The van der Waals surface area contributed by atoms with Gasteiger partial charge in [-0.25, -0.2) is 0 Å². The number of aryl methyl sites for hydroxylation is 1. The Morgan fingerprint density at radius 2 is 2.07 bits per heavy atom. The average molecular weight is 202 g/mol. The van der Waals surface area contributed by atoms with Gasteiger partial charge in [-0.15, -0.1) is 0 Å². The third-order valence-corrected chi connectivity index (χ3v) is 2.63. The van der Waals surface area contributed by atoms with Gasteiger partial charge in [0.15, 0.2) is 5.43 Å². The van der Waals surface area contributed by atoms with Crippen LogP contribution in [-0.2, 0) is 13.1 Å². The van der Waals surface area contributed by atoms with E-state index in [-0.39, 0.29) is 5.43 Å². The van der Waals surface area contributed by atoms with Crippen LogP contribution in [0.4, 0.5) is 0 Å². The van der Waals surface area contributed by atoms with Crippen LogP contribution in [0, 0.1) is 0 Å². The maximum Gasteiger partial charge on any atom is 0.189 e. The van der Waals surface area contributed by atoms with Crippen molar-refractivity contribution in [2.45, 2.75) is 20.0 Å². The van der Waals surface area contributed by atoms with Gasteiger partial charge in [0.2, 0.25) is 0 Å². The number of para-hydroxylation sites is 1. The van der Waals surface area contributed by atoms with Gasteiger partial charge in [0.25, 0.3) is 0 Å². The van der Waals surface area contributed by atoms with Crippen molar-refractivity contribution in [3.05, 3.63) is 46.2 Å². The van der Waals surface area contributed by atoms with E-state index in [4.69, 9.17) is 5.73 Å². The second kappa shape index (κ2) is 3.87. The molecule has 0 bridgehead atoms. The Balaban J connectivity index is 2.92. The van der Waals surface area contributed by atoms with Crippen LogP contribution in [0.15, 0.2) is 35.1 Å². The molecule has 2 N–H and O–H groups in total. The lowest BCUT2D eigenvalue weighted by Gasteiger charge is -2.13. The summed E-state index contributed by atoms with van der Waals surface area (Å²) in [7, 11) is 0. The van der Waals surface area contributed by atoms with Gasteiger partial charge in [-0.3, -0.25) is 4.79 Å². The lowest BCUT2D eigenvalue weighted by molar-refractivity contribution is 0.727. The van der Waals surface area contributed by atoms with Crippen LogP contribution in [0.2, 0.25) is 0 Å². The van der Waals surface area contributed by atoms with Crippen LogP contribution in [0.3, 0.4) is 0 Å². The van der Waals surface area contributed by atoms with E-state index in [9.17, 15) is 4.79 Å². The first-order chi connectivity index (χ1) is 7.27. The summed E-state index contributed by atoms with van der Waals surface area (Å²) in [4.78, 5) is 11.8. The van der Waals surface area contributed by atoms with Gasteiger partial charge in [-0.1, -0.05) is 12.1 Å². The summed E-state index contributed by atoms with van der Waals surface area (Å²) >= 11 is 0. The largest absolute Gasteiger partial charge is 0.343 e. The Kier molecular flexibility index (Phi) is 2.56. The van der Waals surface area contributed by atoms with E-state index in [1.807, 2.05) is 24.3 Å². The molecule has 1 heterocycles. The fraction of sp³-hybridized carbons (Fsp3) is 0.250. The molecule has 0 spiro atoms. The molecule has 0 aliphatic heterocycles. The van der Waals surface area contributed by atoms with Gasteiger partial charge >= 0.3 is 0 Å². The molecule has 2 aromatic rings. The van der Waals surface area contributed by atoms with E-state index >= 15 is 0 Å². The Morgan fingerprint density at radius 1 is 1.33 bits per heavy atom. The highest BCUT2D eigenvalue weighted by atomic mass is 16.1. The number of rotatable bonds is 2. The third-order valence-electron chi connectivity index (χ3n) is 2.63. The Labute approximate surface area is 88.1 Å². The van der Waals surface area contributed by atoms with E-state index in [0.29, 0.717) is 6.54 Å². The van der Waals surface area contributed by atoms with Crippen molar-refractivity contribution in [3.63, 3.8) is 0 Å². The molecule has 0 saturated heterocycles. The molecular weight excluding hydrogens is 188 g/mol. The molecule has 2 rings (SSSR count). The van der Waals surface area contributed by atoms with E-state index in [1.165, 1.54) is 0 Å². The molecule has 0 saturated carbocycles. The minimum atomic E-state index is 0.0516. The smallest absolute Gasteiger partial charge is 0.189 e. The first-order valence-corrected chi connectivity index (χ1v) is 5.09. The predicted octanol–water partition coefficient (Wildman–Crippen LogP) is 1.48. The maximum atomic E-state index is 11.8. The Bertz CT molecular complexity index is 543. The van der Waals surface area contributed by atoms with Gasteiger partial charge in [0, 0.05) is 30.2 Å². The molecule has 15 heavy (non-hydrogen) atoms. The zero-order valence-corrected chi connectivity index (χ0v) is 8.73. The van der Waals surface area contributed by atoms with Gasteiger partial charge in [0.1, 0.15) is 0 Å². The fourth-order valence-corrected chi connectivity index (χ4v) is 1.92. The molecular formula is C12H14N2O. The van der Waals surface area contributed by atoms with Gasteiger partial charge in [-0.2, -0.15) is 0 Å². The zero-order chi connectivity index (χ0) is 10.8. The molecule has 3 heteroatoms. The molecule has 0 unspecified atom stereocenters. The van der Waals surface area contributed by atoms with E-state index < -0.39 is 0 Å². The van der Waals surface area contributed by atoms with Crippen LogP contribution in [-0.4, -0.2) is 4.57 Å². The van der Waals surface area contributed by atoms with Gasteiger partial charge in [-0.05, 0) is 19.1 Å². The lowest BCUT2D eigenvalue weighted by Crippen LogP contribution is -2.16. The van der Waals surface area contributed by atoms with Crippen molar-refractivity contribution in [1.29, 1.82) is 0 Å². The zero-order valence-electron chi connectivity index (χ0n) is 8.73. The van der Waals surface area contributed by atoms with E-state index in [0.717, 1.165) is 23.1 Å². The summed E-state index contributed by atoms with van der Waals surface area (Å²) < 4.78 is 2.08. The third kappa shape index (κ3) is 1.55. The average Bonchev–Trinajstić information content (AvgIpc) is 2.29. The normalized spacial score (nSPS) is 10.8. The topological polar surface area (TPSA) is 48.0 Å². The number of nitrogens with zero attached hydrogens (tertiary/aromatic N) is 1.